The van der Waals surface area contributed by atoms with Gasteiger partial charge in [0.05, 0.1) is 12.1 Å². The summed E-state index contributed by atoms with van der Waals surface area (Å²) in [6, 6.07) is 11.7. The molecule has 0 saturated carbocycles. The molecule has 3 aromatic rings. The number of fused-ring (bicyclic) bond motifs is 1. The number of alkyl halides is 6. The number of nitrogens with zero attached hydrogens (tertiary/aromatic N) is 2. The monoisotopic (exact) mass is 473 g/mol. The molecule has 176 valence electrons. The summed E-state index contributed by atoms with van der Waals surface area (Å²) in [5.41, 5.74) is -0.444. The molecule has 2 aromatic carbocycles. The van der Waals surface area contributed by atoms with Crippen LogP contribution in [-0.4, -0.2) is 37.6 Å². The number of aromatic nitrogens is 1. The van der Waals surface area contributed by atoms with Gasteiger partial charge in [-0.25, -0.2) is 9.78 Å². The highest BCUT2D eigenvalue weighted by atomic mass is 19.4. The van der Waals surface area contributed by atoms with E-state index in [-0.39, 0.29) is 30.0 Å². The molecule has 0 atom stereocenters. The van der Waals surface area contributed by atoms with Crippen molar-refractivity contribution in [1.82, 2.24) is 4.98 Å². The zero-order valence-corrected chi connectivity index (χ0v) is 17.0. The van der Waals surface area contributed by atoms with Gasteiger partial charge in [-0.15, -0.1) is 13.2 Å². The van der Waals surface area contributed by atoms with Gasteiger partial charge in [-0.3, -0.25) is 5.32 Å². The molecule has 1 N–H and O–H groups in total. The number of benzene rings is 2. The van der Waals surface area contributed by atoms with Crippen molar-refractivity contribution in [2.45, 2.75) is 12.5 Å². The van der Waals surface area contributed by atoms with E-state index in [2.05, 4.69) is 15.0 Å². The van der Waals surface area contributed by atoms with Crippen molar-refractivity contribution in [1.29, 1.82) is 0 Å². The number of pyridine rings is 1. The normalized spacial score (nSPS) is 11.8. The summed E-state index contributed by atoms with van der Waals surface area (Å²) in [6.45, 7) is -0.104. The Morgan fingerprint density at radius 3 is 2.33 bits per heavy atom. The minimum atomic E-state index is -4.83. The van der Waals surface area contributed by atoms with Gasteiger partial charge in [0.2, 0.25) is 0 Å². The fourth-order valence-electron chi connectivity index (χ4n) is 2.91. The summed E-state index contributed by atoms with van der Waals surface area (Å²) in [6.07, 6.45) is -10.3. The lowest BCUT2D eigenvalue weighted by atomic mass is 10.1. The van der Waals surface area contributed by atoms with E-state index in [1.807, 2.05) is 0 Å². The molecule has 33 heavy (non-hydrogen) atoms. The van der Waals surface area contributed by atoms with Gasteiger partial charge in [0.1, 0.15) is 18.1 Å². The van der Waals surface area contributed by atoms with Crippen LogP contribution in [0.25, 0.3) is 10.9 Å². The van der Waals surface area contributed by atoms with E-state index in [0.29, 0.717) is 5.39 Å². The van der Waals surface area contributed by atoms with Crippen LogP contribution in [0.4, 0.5) is 42.5 Å². The van der Waals surface area contributed by atoms with Gasteiger partial charge in [0.15, 0.2) is 0 Å². The van der Waals surface area contributed by atoms with Crippen molar-refractivity contribution in [3.05, 3.63) is 60.3 Å². The third-order valence-electron chi connectivity index (χ3n) is 4.39. The third-order valence-corrected chi connectivity index (χ3v) is 4.39. The number of anilines is 2. The second-order valence-electron chi connectivity index (χ2n) is 6.80. The number of rotatable bonds is 6. The second-order valence-corrected chi connectivity index (χ2v) is 6.80. The van der Waals surface area contributed by atoms with Gasteiger partial charge in [-0.1, -0.05) is 18.2 Å². The van der Waals surface area contributed by atoms with E-state index < -0.39 is 30.1 Å². The molecule has 0 fully saturated rings. The van der Waals surface area contributed by atoms with Gasteiger partial charge in [0.25, 0.3) is 0 Å². The zero-order chi connectivity index (χ0) is 24.2. The molecule has 6 nitrogen and oxygen atoms in total. The Morgan fingerprint density at radius 1 is 1.03 bits per heavy atom. The number of hydrogen-bond donors (Lipinski definition) is 1. The topological polar surface area (TPSA) is 63.7 Å². The number of halogens is 6. The first kappa shape index (κ1) is 24.0. The van der Waals surface area contributed by atoms with E-state index >= 15 is 0 Å². The molecular formula is C21H17F6N3O3. The van der Waals surface area contributed by atoms with Gasteiger partial charge in [-0.05, 0) is 36.4 Å². The lowest BCUT2D eigenvalue weighted by Crippen LogP contribution is -2.26. The summed E-state index contributed by atoms with van der Waals surface area (Å²) in [5, 5.41) is 2.83. The summed E-state index contributed by atoms with van der Waals surface area (Å²) >= 11 is 0. The summed E-state index contributed by atoms with van der Waals surface area (Å²) in [7, 11) is 1.54. The maximum atomic E-state index is 13.2. The number of amides is 1. The molecule has 12 heteroatoms. The van der Waals surface area contributed by atoms with Gasteiger partial charge < -0.3 is 14.4 Å². The van der Waals surface area contributed by atoms with Crippen molar-refractivity contribution in [3.8, 4) is 5.75 Å². The molecule has 0 aliphatic carbocycles. The standard InChI is InChI=1S/C21H17F6N3O3/c1-30(17-12-18(20(22,23)24)29-16-5-3-2-4-15(16)17)10-11-32-19(31)28-13-6-8-14(9-7-13)33-21(25,26)27/h2-9,12H,10-11H2,1H3,(H,28,31). The summed E-state index contributed by atoms with van der Waals surface area (Å²) in [4.78, 5) is 17.1. The van der Waals surface area contributed by atoms with Crippen molar-refractivity contribution >= 4 is 28.4 Å². The Morgan fingerprint density at radius 2 is 1.70 bits per heavy atom. The Balaban J connectivity index is 1.59. The van der Waals surface area contributed by atoms with Gasteiger partial charge in [0, 0.05) is 23.8 Å². The average Bonchev–Trinajstić information content (AvgIpc) is 2.72. The maximum Gasteiger partial charge on any atom is 0.573 e. The zero-order valence-electron chi connectivity index (χ0n) is 17.0. The molecule has 3 rings (SSSR count). The molecule has 0 aliphatic rings. The SMILES string of the molecule is CN(CCOC(=O)Nc1ccc(OC(F)(F)F)cc1)c1cc(C(F)(F)F)nc2ccccc12. The Bertz CT molecular complexity index is 1120. The molecule has 1 heterocycles. The average molecular weight is 473 g/mol. The van der Waals surface area contributed by atoms with E-state index in [0.717, 1.165) is 18.2 Å². The number of para-hydroxylation sites is 1. The highest BCUT2D eigenvalue weighted by Gasteiger charge is 2.34. The van der Waals surface area contributed by atoms with Crippen molar-refractivity contribution in [2.75, 3.05) is 30.4 Å². The minimum absolute atomic E-state index is 0.0666. The largest absolute Gasteiger partial charge is 0.573 e. The quantitative estimate of drug-likeness (QED) is 0.456. The van der Waals surface area contributed by atoms with E-state index in [1.165, 1.54) is 23.1 Å². The van der Waals surface area contributed by atoms with Crippen LogP contribution in [0.15, 0.2) is 54.6 Å². The molecule has 0 radical (unpaired) electrons. The molecule has 0 saturated heterocycles. The Kier molecular flexibility index (Phi) is 6.84. The first-order valence-electron chi connectivity index (χ1n) is 9.40. The van der Waals surface area contributed by atoms with Crippen LogP contribution in [0.1, 0.15) is 5.69 Å². The first-order valence-corrected chi connectivity index (χ1v) is 9.40. The molecule has 0 spiro atoms. The highest BCUT2D eigenvalue weighted by molar-refractivity contribution is 5.92. The van der Waals surface area contributed by atoms with E-state index in [1.54, 1.807) is 25.2 Å². The predicted octanol–water partition coefficient (Wildman–Crippen LogP) is 5.84. The van der Waals surface area contributed by atoms with Crippen LogP contribution in [0.2, 0.25) is 0 Å². The summed E-state index contributed by atoms with van der Waals surface area (Å²) < 4.78 is 84.9. The second kappa shape index (κ2) is 9.43. The lowest BCUT2D eigenvalue weighted by Gasteiger charge is -2.22. The number of nitrogens with one attached hydrogen (secondary N) is 1. The Hall–Kier alpha value is -3.70. The first-order chi connectivity index (χ1) is 15.4. The fraction of sp³-hybridized carbons (Fsp3) is 0.238. The minimum Gasteiger partial charge on any atom is -0.447 e. The number of carbonyl (C=O) groups is 1. The van der Waals surface area contributed by atoms with Crippen molar-refractivity contribution in [2.24, 2.45) is 0 Å². The van der Waals surface area contributed by atoms with Crippen LogP contribution in [0.3, 0.4) is 0 Å². The van der Waals surface area contributed by atoms with Crippen molar-refractivity contribution in [3.63, 3.8) is 0 Å². The molecule has 0 aliphatic heterocycles. The van der Waals surface area contributed by atoms with E-state index in [4.69, 9.17) is 4.74 Å². The third kappa shape index (κ3) is 6.64. The molecule has 1 aromatic heterocycles. The lowest BCUT2D eigenvalue weighted by molar-refractivity contribution is -0.274. The van der Waals surface area contributed by atoms with Gasteiger partial charge >= 0.3 is 18.6 Å². The fourth-order valence-corrected chi connectivity index (χ4v) is 2.91. The van der Waals surface area contributed by atoms with Crippen molar-refractivity contribution < 1.29 is 40.6 Å². The van der Waals surface area contributed by atoms with Crippen LogP contribution < -0.4 is 15.0 Å². The Labute approximate surface area is 183 Å². The number of likely N-dealkylation sites (N-methyl/N-ethyl adjacent to an activating group) is 1. The van der Waals surface area contributed by atoms with Crippen LogP contribution in [0.5, 0.6) is 5.75 Å². The molecule has 1 amide bonds. The summed E-state index contributed by atoms with van der Waals surface area (Å²) in [5.74, 6) is -0.453. The van der Waals surface area contributed by atoms with Crippen LogP contribution in [0, 0.1) is 0 Å². The molecule has 0 unspecified atom stereocenters. The van der Waals surface area contributed by atoms with Gasteiger partial charge in [-0.2, -0.15) is 13.2 Å². The van der Waals surface area contributed by atoms with E-state index in [9.17, 15) is 31.1 Å². The number of hydrogen-bond acceptors (Lipinski definition) is 5. The molecule has 0 bridgehead atoms. The molecular weight excluding hydrogens is 456 g/mol. The van der Waals surface area contributed by atoms with Crippen LogP contribution >= 0.6 is 0 Å². The maximum absolute atomic E-state index is 13.2. The number of carbonyl (C=O) groups excluding carboxylic acids is 1. The highest BCUT2D eigenvalue weighted by Crippen LogP contribution is 2.34. The predicted molar refractivity (Wildman–Crippen MR) is 108 cm³/mol. The smallest absolute Gasteiger partial charge is 0.447 e. The van der Waals surface area contributed by atoms with Crippen LogP contribution in [-0.2, 0) is 10.9 Å². The number of ether oxygens (including phenoxy) is 2.